The first-order chi connectivity index (χ1) is 15.5. The molecule has 0 aliphatic carbocycles. The van der Waals surface area contributed by atoms with E-state index in [0.29, 0.717) is 27.0 Å². The van der Waals surface area contributed by atoms with Crippen LogP contribution >= 0.6 is 11.3 Å². The van der Waals surface area contributed by atoms with E-state index in [1.165, 1.54) is 0 Å². The fourth-order valence-corrected chi connectivity index (χ4v) is 3.79. The lowest BCUT2D eigenvalue weighted by Gasteiger charge is -2.11. The molecule has 0 radical (unpaired) electrons. The van der Waals surface area contributed by atoms with Crippen molar-refractivity contribution in [2.75, 3.05) is 5.32 Å². The van der Waals surface area contributed by atoms with Crippen molar-refractivity contribution in [3.05, 3.63) is 76.3 Å². The number of aromatic nitrogens is 1. The molecule has 0 atom stereocenters. The highest BCUT2D eigenvalue weighted by Crippen LogP contribution is 2.40. The van der Waals surface area contributed by atoms with Gasteiger partial charge in [0, 0.05) is 11.1 Å². The van der Waals surface area contributed by atoms with Gasteiger partial charge in [-0.05, 0) is 36.1 Å². The van der Waals surface area contributed by atoms with Gasteiger partial charge in [-0.25, -0.2) is 4.98 Å². The molecule has 0 spiro atoms. The third kappa shape index (κ3) is 4.18. The van der Waals surface area contributed by atoms with Gasteiger partial charge in [-0.3, -0.25) is 4.79 Å². The van der Waals surface area contributed by atoms with E-state index in [9.17, 15) is 9.90 Å². The van der Waals surface area contributed by atoms with E-state index in [2.05, 4.69) is 20.5 Å². The zero-order valence-electron chi connectivity index (χ0n) is 16.9. The summed E-state index contributed by atoms with van der Waals surface area (Å²) in [6.07, 6.45) is 0. The average molecular weight is 443 g/mol. The number of aliphatic hydroxyl groups excluding tert-OH is 1. The summed E-state index contributed by atoms with van der Waals surface area (Å²) in [5.41, 5.74) is 1.97. The Morgan fingerprint density at radius 1 is 1.19 bits per heavy atom. The first-order valence-electron chi connectivity index (χ1n) is 9.55. The molecule has 1 amide bonds. The highest BCUT2D eigenvalue weighted by atomic mass is 32.1. The van der Waals surface area contributed by atoms with E-state index >= 15 is 0 Å². The number of amides is 1. The quantitative estimate of drug-likeness (QED) is 0.358. The molecule has 3 aromatic carbocycles. The van der Waals surface area contributed by atoms with E-state index in [1.807, 2.05) is 18.2 Å². The molecule has 1 heterocycles. The summed E-state index contributed by atoms with van der Waals surface area (Å²) in [6.45, 7) is 1.61. The van der Waals surface area contributed by atoms with Crippen LogP contribution in [0.4, 0.5) is 16.5 Å². The third-order valence-electron chi connectivity index (χ3n) is 4.76. The summed E-state index contributed by atoms with van der Waals surface area (Å²) < 4.78 is 0. The van der Waals surface area contributed by atoms with Crippen LogP contribution in [0.15, 0.2) is 64.8 Å². The van der Waals surface area contributed by atoms with Crippen molar-refractivity contribution in [1.82, 2.24) is 4.98 Å². The number of carbonyl (C=O) groups excluding carboxylic acids is 1. The Labute approximate surface area is 187 Å². The van der Waals surface area contributed by atoms with Crippen LogP contribution in [0.2, 0.25) is 0 Å². The van der Waals surface area contributed by atoms with Gasteiger partial charge in [0.1, 0.15) is 16.6 Å². The Hall–Kier alpha value is -4.13. The predicted molar refractivity (Wildman–Crippen MR) is 122 cm³/mol. The van der Waals surface area contributed by atoms with Crippen molar-refractivity contribution >= 4 is 44.5 Å². The number of nitriles is 1. The number of benzene rings is 3. The monoisotopic (exact) mass is 443 g/mol. The SMILES string of the molecule is Cc1nc(N=Nc2c(O)c(C(=O)Nc3ccc(CO)cc3)cc3ccccc23)sc1C#N. The van der Waals surface area contributed by atoms with Crippen LogP contribution in [0.1, 0.15) is 26.5 Å². The largest absolute Gasteiger partial charge is 0.505 e. The lowest BCUT2D eigenvalue weighted by molar-refractivity contribution is 0.102. The number of phenolic OH excluding ortho intramolecular Hbond substituents is 1. The summed E-state index contributed by atoms with van der Waals surface area (Å²) in [5, 5.41) is 41.7. The Morgan fingerprint density at radius 2 is 1.94 bits per heavy atom. The highest BCUT2D eigenvalue weighted by molar-refractivity contribution is 7.15. The summed E-state index contributed by atoms with van der Waals surface area (Å²) in [7, 11) is 0. The number of hydrogen-bond donors (Lipinski definition) is 3. The van der Waals surface area contributed by atoms with Crippen molar-refractivity contribution < 1.29 is 15.0 Å². The number of carbonyl (C=O) groups is 1. The van der Waals surface area contributed by atoms with Crippen LogP contribution in [-0.4, -0.2) is 21.1 Å². The lowest BCUT2D eigenvalue weighted by atomic mass is 10.0. The number of hydrogen-bond acceptors (Lipinski definition) is 8. The number of azo groups is 1. The van der Waals surface area contributed by atoms with Crippen molar-refractivity contribution in [2.24, 2.45) is 10.2 Å². The molecule has 32 heavy (non-hydrogen) atoms. The van der Waals surface area contributed by atoms with Gasteiger partial charge in [0.2, 0.25) is 5.13 Å². The minimum Gasteiger partial charge on any atom is -0.505 e. The summed E-state index contributed by atoms with van der Waals surface area (Å²) in [5.74, 6) is -0.830. The van der Waals surface area contributed by atoms with Crippen LogP contribution in [0, 0.1) is 18.3 Å². The van der Waals surface area contributed by atoms with Gasteiger partial charge in [-0.15, -0.1) is 10.2 Å². The molecule has 0 aliphatic heterocycles. The molecule has 0 fully saturated rings. The maximum absolute atomic E-state index is 12.9. The number of aromatic hydroxyl groups is 1. The normalized spacial score (nSPS) is 11.0. The van der Waals surface area contributed by atoms with Crippen LogP contribution in [0.25, 0.3) is 10.8 Å². The minimum atomic E-state index is -0.515. The standard InChI is InChI=1S/C23H17N5O3S/c1-13-19(11-24)32-23(25-13)28-27-20-17-5-3-2-4-15(17)10-18(21(20)30)22(31)26-16-8-6-14(12-29)7-9-16/h2-10,29-30H,12H2,1H3,(H,26,31). The maximum atomic E-state index is 12.9. The van der Waals surface area contributed by atoms with E-state index in [0.717, 1.165) is 16.9 Å². The van der Waals surface area contributed by atoms with Crippen molar-refractivity contribution in [2.45, 2.75) is 13.5 Å². The molecule has 0 saturated carbocycles. The third-order valence-corrected chi connectivity index (χ3v) is 5.70. The first-order valence-corrected chi connectivity index (χ1v) is 10.4. The highest BCUT2D eigenvalue weighted by Gasteiger charge is 2.19. The molecule has 9 heteroatoms. The Balaban J connectivity index is 1.73. The molecule has 0 saturated heterocycles. The zero-order chi connectivity index (χ0) is 22.7. The van der Waals surface area contributed by atoms with Crippen molar-refractivity contribution in [3.8, 4) is 11.8 Å². The molecule has 1 aromatic heterocycles. The molecule has 4 aromatic rings. The molecular formula is C23H17N5O3S. The second-order valence-electron chi connectivity index (χ2n) is 6.87. The van der Waals surface area contributed by atoms with Gasteiger partial charge in [-0.2, -0.15) is 5.26 Å². The van der Waals surface area contributed by atoms with Crippen molar-refractivity contribution in [1.29, 1.82) is 5.26 Å². The fraction of sp³-hybridized carbons (Fsp3) is 0.0870. The smallest absolute Gasteiger partial charge is 0.259 e. The van der Waals surface area contributed by atoms with Gasteiger partial charge < -0.3 is 15.5 Å². The van der Waals surface area contributed by atoms with Crippen LogP contribution in [0.3, 0.4) is 0 Å². The number of phenols is 1. The molecule has 0 unspecified atom stereocenters. The van der Waals surface area contributed by atoms with E-state index in [4.69, 9.17) is 10.4 Å². The molecular weight excluding hydrogens is 426 g/mol. The van der Waals surface area contributed by atoms with Gasteiger partial charge in [0.25, 0.3) is 5.91 Å². The number of anilines is 1. The molecule has 158 valence electrons. The Bertz CT molecular complexity index is 1390. The molecule has 0 bridgehead atoms. The van der Waals surface area contributed by atoms with E-state index in [1.54, 1.807) is 49.4 Å². The number of aryl methyl sites for hydroxylation is 1. The summed E-state index contributed by atoms with van der Waals surface area (Å²) in [4.78, 5) is 17.5. The maximum Gasteiger partial charge on any atom is 0.259 e. The number of nitrogens with zero attached hydrogens (tertiary/aromatic N) is 4. The van der Waals surface area contributed by atoms with Crippen LogP contribution in [-0.2, 0) is 6.61 Å². The van der Waals surface area contributed by atoms with Crippen LogP contribution < -0.4 is 5.32 Å². The summed E-state index contributed by atoms with van der Waals surface area (Å²) in [6, 6.07) is 17.5. The van der Waals surface area contributed by atoms with Crippen molar-refractivity contribution in [3.63, 3.8) is 0 Å². The number of fused-ring (bicyclic) bond motifs is 1. The van der Waals surface area contributed by atoms with Gasteiger partial charge in [-0.1, -0.05) is 47.7 Å². The van der Waals surface area contributed by atoms with E-state index < -0.39 is 5.91 Å². The predicted octanol–water partition coefficient (Wildman–Crippen LogP) is 5.34. The second kappa shape index (κ2) is 8.93. The second-order valence-corrected chi connectivity index (χ2v) is 7.85. The number of aliphatic hydroxyl groups is 1. The minimum absolute atomic E-state index is 0.0388. The molecule has 3 N–H and O–H groups in total. The number of rotatable bonds is 5. The van der Waals surface area contributed by atoms with E-state index in [-0.39, 0.29) is 28.7 Å². The molecule has 8 nitrogen and oxygen atoms in total. The topological polar surface area (TPSA) is 131 Å². The fourth-order valence-electron chi connectivity index (χ4n) is 3.11. The lowest BCUT2D eigenvalue weighted by Crippen LogP contribution is -2.12. The first kappa shape index (κ1) is 21.1. The Morgan fingerprint density at radius 3 is 2.62 bits per heavy atom. The molecule has 4 rings (SSSR count). The van der Waals surface area contributed by atoms with Gasteiger partial charge in [0.15, 0.2) is 5.75 Å². The van der Waals surface area contributed by atoms with Gasteiger partial charge in [0.05, 0.1) is 17.9 Å². The Kier molecular flexibility index (Phi) is 5.89. The zero-order valence-corrected chi connectivity index (χ0v) is 17.7. The number of thiazole rings is 1. The van der Waals surface area contributed by atoms with Crippen LogP contribution in [0.5, 0.6) is 5.75 Å². The van der Waals surface area contributed by atoms with Gasteiger partial charge >= 0.3 is 0 Å². The summed E-state index contributed by atoms with van der Waals surface area (Å²) >= 11 is 1.09. The average Bonchev–Trinajstić information content (AvgIpc) is 3.18. The number of nitrogens with one attached hydrogen (secondary N) is 1. The molecule has 0 aliphatic rings.